The number of fused-ring (bicyclic) bond motifs is 1. The molecule has 2 N–H and O–H groups in total. The standard InChI is InChI=1S/C15H16BrNS/c16-14-9-18-8-13(14)15(17)12-7-3-5-10-4-1-2-6-11(10)12/h1-2,4,6,8-9,12,15H,3,5,7,17H2. The summed E-state index contributed by atoms with van der Waals surface area (Å²) in [6.45, 7) is 0. The van der Waals surface area contributed by atoms with E-state index >= 15 is 0 Å². The van der Waals surface area contributed by atoms with Crippen molar-refractivity contribution in [2.45, 2.75) is 31.2 Å². The summed E-state index contributed by atoms with van der Waals surface area (Å²) in [6, 6.07) is 8.86. The molecule has 1 aromatic heterocycles. The average Bonchev–Trinajstić information content (AvgIpc) is 2.83. The van der Waals surface area contributed by atoms with Gasteiger partial charge in [-0.25, -0.2) is 0 Å². The van der Waals surface area contributed by atoms with Crippen LogP contribution in [0, 0.1) is 0 Å². The van der Waals surface area contributed by atoms with Gasteiger partial charge in [-0.3, -0.25) is 0 Å². The predicted molar refractivity (Wildman–Crippen MR) is 81.1 cm³/mol. The number of hydrogen-bond donors (Lipinski definition) is 1. The van der Waals surface area contributed by atoms with E-state index in [0.717, 1.165) is 4.47 Å². The third-order valence-corrected chi connectivity index (χ3v) is 5.60. The van der Waals surface area contributed by atoms with Crippen LogP contribution in [0.4, 0.5) is 0 Å². The summed E-state index contributed by atoms with van der Waals surface area (Å²) in [5.74, 6) is 0.459. The van der Waals surface area contributed by atoms with E-state index < -0.39 is 0 Å². The average molecular weight is 322 g/mol. The molecule has 3 heteroatoms. The van der Waals surface area contributed by atoms with E-state index in [9.17, 15) is 0 Å². The van der Waals surface area contributed by atoms with Crippen LogP contribution in [0.3, 0.4) is 0 Å². The van der Waals surface area contributed by atoms with Gasteiger partial charge in [-0.2, -0.15) is 11.3 Å². The maximum Gasteiger partial charge on any atom is 0.0384 e. The monoisotopic (exact) mass is 321 g/mol. The van der Waals surface area contributed by atoms with Crippen molar-refractivity contribution in [3.8, 4) is 0 Å². The molecule has 2 aromatic rings. The zero-order chi connectivity index (χ0) is 12.5. The molecule has 0 saturated carbocycles. The van der Waals surface area contributed by atoms with E-state index in [-0.39, 0.29) is 6.04 Å². The van der Waals surface area contributed by atoms with Crippen molar-refractivity contribution in [1.82, 2.24) is 0 Å². The molecule has 1 aromatic carbocycles. The molecule has 94 valence electrons. The number of rotatable bonds is 2. The molecule has 0 bridgehead atoms. The molecule has 0 spiro atoms. The van der Waals surface area contributed by atoms with Gasteiger partial charge in [-0.1, -0.05) is 24.3 Å². The Morgan fingerprint density at radius 2 is 2.11 bits per heavy atom. The zero-order valence-electron chi connectivity index (χ0n) is 10.1. The third kappa shape index (κ3) is 2.15. The lowest BCUT2D eigenvalue weighted by molar-refractivity contribution is 0.474. The zero-order valence-corrected chi connectivity index (χ0v) is 12.5. The van der Waals surface area contributed by atoms with Gasteiger partial charge in [0.2, 0.25) is 0 Å². The largest absolute Gasteiger partial charge is 0.323 e. The van der Waals surface area contributed by atoms with Gasteiger partial charge in [0.25, 0.3) is 0 Å². The molecule has 18 heavy (non-hydrogen) atoms. The molecule has 2 unspecified atom stereocenters. The first-order valence-electron chi connectivity index (χ1n) is 6.32. The summed E-state index contributed by atoms with van der Waals surface area (Å²) in [5, 5.41) is 4.29. The van der Waals surface area contributed by atoms with Crippen LogP contribution in [0.2, 0.25) is 0 Å². The van der Waals surface area contributed by atoms with Crippen LogP contribution in [-0.2, 0) is 6.42 Å². The van der Waals surface area contributed by atoms with E-state index in [4.69, 9.17) is 5.73 Å². The first kappa shape index (κ1) is 12.4. The second-order valence-corrected chi connectivity index (χ2v) is 6.50. The molecular formula is C15H16BrNS. The fourth-order valence-electron chi connectivity index (χ4n) is 2.91. The van der Waals surface area contributed by atoms with Gasteiger partial charge in [-0.05, 0) is 57.3 Å². The van der Waals surface area contributed by atoms with Crippen molar-refractivity contribution < 1.29 is 0 Å². The lowest BCUT2D eigenvalue weighted by atomic mass is 9.77. The molecule has 0 saturated heterocycles. The Hall–Kier alpha value is -0.640. The number of thiophene rings is 1. The maximum absolute atomic E-state index is 6.51. The van der Waals surface area contributed by atoms with Crippen LogP contribution in [0.5, 0.6) is 0 Å². The maximum atomic E-state index is 6.51. The molecule has 0 aliphatic heterocycles. The second-order valence-electron chi connectivity index (χ2n) is 4.90. The highest BCUT2D eigenvalue weighted by Crippen LogP contribution is 2.41. The van der Waals surface area contributed by atoms with Gasteiger partial charge >= 0.3 is 0 Å². The molecule has 1 heterocycles. The number of halogens is 1. The topological polar surface area (TPSA) is 26.0 Å². The Kier molecular flexibility index (Phi) is 3.55. The smallest absolute Gasteiger partial charge is 0.0384 e. The summed E-state index contributed by atoms with van der Waals surface area (Å²) in [6.07, 6.45) is 3.64. The Morgan fingerprint density at radius 3 is 2.89 bits per heavy atom. The van der Waals surface area contributed by atoms with Gasteiger partial charge in [0.05, 0.1) is 0 Å². The molecule has 0 amide bonds. The Bertz CT molecular complexity index is 549. The number of benzene rings is 1. The Balaban J connectivity index is 1.97. The quantitative estimate of drug-likeness (QED) is 0.857. The van der Waals surface area contributed by atoms with Crippen molar-refractivity contribution >= 4 is 27.3 Å². The van der Waals surface area contributed by atoms with Crippen molar-refractivity contribution in [2.24, 2.45) is 5.73 Å². The van der Waals surface area contributed by atoms with Crippen LogP contribution in [0.15, 0.2) is 39.5 Å². The highest BCUT2D eigenvalue weighted by Gasteiger charge is 2.27. The number of nitrogens with two attached hydrogens (primary N) is 1. The molecule has 1 aliphatic rings. The minimum Gasteiger partial charge on any atom is -0.323 e. The minimum absolute atomic E-state index is 0.104. The van der Waals surface area contributed by atoms with E-state index in [1.54, 1.807) is 11.3 Å². The molecule has 0 fully saturated rings. The first-order chi connectivity index (χ1) is 8.77. The molecule has 1 aliphatic carbocycles. The number of hydrogen-bond acceptors (Lipinski definition) is 2. The van der Waals surface area contributed by atoms with Gasteiger partial charge in [-0.15, -0.1) is 0 Å². The van der Waals surface area contributed by atoms with Crippen molar-refractivity contribution in [2.75, 3.05) is 0 Å². The predicted octanol–water partition coefficient (Wildman–Crippen LogP) is 4.63. The van der Waals surface area contributed by atoms with Crippen LogP contribution in [-0.4, -0.2) is 0 Å². The van der Waals surface area contributed by atoms with Crippen LogP contribution in [0.25, 0.3) is 0 Å². The lowest BCUT2D eigenvalue weighted by Gasteiger charge is -2.30. The fourth-order valence-corrected chi connectivity index (χ4v) is 4.52. The summed E-state index contributed by atoms with van der Waals surface area (Å²) >= 11 is 5.32. The van der Waals surface area contributed by atoms with Crippen LogP contribution >= 0.6 is 27.3 Å². The molecule has 0 radical (unpaired) electrons. The normalized spacial score (nSPS) is 20.4. The third-order valence-electron chi connectivity index (χ3n) is 3.85. The van der Waals surface area contributed by atoms with Crippen molar-refractivity contribution in [1.29, 1.82) is 0 Å². The molecule has 3 rings (SSSR count). The summed E-state index contributed by atoms with van der Waals surface area (Å²) < 4.78 is 1.16. The fraction of sp³-hybridized carbons (Fsp3) is 0.333. The van der Waals surface area contributed by atoms with Crippen molar-refractivity contribution in [3.05, 3.63) is 56.2 Å². The summed E-state index contributed by atoms with van der Waals surface area (Å²) in [7, 11) is 0. The Labute approximate surface area is 120 Å². The summed E-state index contributed by atoms with van der Waals surface area (Å²) in [4.78, 5) is 0. The van der Waals surface area contributed by atoms with E-state index in [0.29, 0.717) is 5.92 Å². The Morgan fingerprint density at radius 1 is 1.28 bits per heavy atom. The minimum atomic E-state index is 0.104. The SMILES string of the molecule is NC(c1cscc1Br)C1CCCc2ccccc21. The van der Waals surface area contributed by atoms with Gasteiger partial charge in [0.1, 0.15) is 0 Å². The van der Waals surface area contributed by atoms with Crippen LogP contribution < -0.4 is 5.73 Å². The van der Waals surface area contributed by atoms with Crippen molar-refractivity contribution in [3.63, 3.8) is 0 Å². The van der Waals surface area contributed by atoms with E-state index in [2.05, 4.69) is 51.0 Å². The van der Waals surface area contributed by atoms with E-state index in [1.165, 1.54) is 36.0 Å². The summed E-state index contributed by atoms with van der Waals surface area (Å²) in [5.41, 5.74) is 10.7. The van der Waals surface area contributed by atoms with Crippen LogP contribution in [0.1, 0.15) is 41.5 Å². The van der Waals surface area contributed by atoms with Gasteiger partial charge < -0.3 is 5.73 Å². The lowest BCUT2D eigenvalue weighted by Crippen LogP contribution is -2.23. The molecule has 1 nitrogen and oxygen atoms in total. The molecular weight excluding hydrogens is 306 g/mol. The number of aryl methyl sites for hydroxylation is 1. The first-order valence-corrected chi connectivity index (χ1v) is 8.06. The second kappa shape index (κ2) is 5.16. The highest BCUT2D eigenvalue weighted by molar-refractivity contribution is 9.10. The van der Waals surface area contributed by atoms with Gasteiger partial charge in [0, 0.05) is 21.8 Å². The van der Waals surface area contributed by atoms with Gasteiger partial charge in [0.15, 0.2) is 0 Å². The molecule has 2 atom stereocenters. The highest BCUT2D eigenvalue weighted by atomic mass is 79.9. The van der Waals surface area contributed by atoms with E-state index in [1.807, 2.05) is 0 Å².